The quantitative estimate of drug-likeness (QED) is 0.696. The van der Waals surface area contributed by atoms with Crippen LogP contribution < -0.4 is 10.1 Å². The van der Waals surface area contributed by atoms with Gasteiger partial charge in [0, 0.05) is 23.0 Å². The van der Waals surface area contributed by atoms with Gasteiger partial charge < -0.3 is 10.1 Å². The smallest absolute Gasteiger partial charge is 0.389 e. The molecule has 0 atom stereocenters. The molecular formula is C12H14Br2F3NO. The number of hydrogen-bond acceptors (Lipinski definition) is 2. The predicted octanol–water partition coefficient (Wildman–Crippen LogP) is 4.65. The highest BCUT2D eigenvalue weighted by molar-refractivity contribution is 9.11. The van der Waals surface area contributed by atoms with Gasteiger partial charge in [-0.15, -0.1) is 0 Å². The van der Waals surface area contributed by atoms with Crippen LogP contribution in [0.25, 0.3) is 0 Å². The summed E-state index contributed by atoms with van der Waals surface area (Å²) in [6.45, 7) is 0.770. The largest absolute Gasteiger partial charge is 0.495 e. The summed E-state index contributed by atoms with van der Waals surface area (Å²) in [6, 6.07) is 3.73. The van der Waals surface area contributed by atoms with Gasteiger partial charge in [-0.25, -0.2) is 0 Å². The third-order valence-electron chi connectivity index (χ3n) is 2.42. The maximum absolute atomic E-state index is 12.0. The lowest BCUT2D eigenvalue weighted by molar-refractivity contribution is -0.135. The summed E-state index contributed by atoms with van der Waals surface area (Å²) in [5, 5.41) is 2.98. The fraction of sp³-hybridized carbons (Fsp3) is 0.500. The van der Waals surface area contributed by atoms with E-state index >= 15 is 0 Å². The van der Waals surface area contributed by atoms with Gasteiger partial charge in [-0.2, -0.15) is 13.2 Å². The summed E-state index contributed by atoms with van der Waals surface area (Å²) in [5.41, 5.74) is 0.885. The SMILES string of the molecule is COc1c(Br)cc(Br)cc1CNCCCC(F)(F)F. The molecule has 0 aromatic heterocycles. The Labute approximate surface area is 127 Å². The minimum absolute atomic E-state index is 0.0704. The molecule has 0 spiro atoms. The van der Waals surface area contributed by atoms with Crippen molar-refractivity contribution in [1.82, 2.24) is 5.32 Å². The second kappa shape index (κ2) is 7.50. The van der Waals surface area contributed by atoms with Crippen LogP contribution in [0.15, 0.2) is 21.1 Å². The Morgan fingerprint density at radius 1 is 1.26 bits per heavy atom. The average Bonchev–Trinajstić information content (AvgIpc) is 2.26. The molecule has 1 aromatic carbocycles. The fourth-order valence-electron chi connectivity index (χ4n) is 1.61. The van der Waals surface area contributed by atoms with E-state index in [1.54, 1.807) is 7.11 Å². The Balaban J connectivity index is 2.49. The Kier molecular flexibility index (Phi) is 6.62. The number of halogens is 5. The van der Waals surface area contributed by atoms with Crippen LogP contribution in [0, 0.1) is 0 Å². The van der Waals surface area contributed by atoms with E-state index in [9.17, 15) is 13.2 Å². The Bertz CT molecular complexity index is 424. The summed E-state index contributed by atoms with van der Waals surface area (Å²) < 4.78 is 42.8. The number of ether oxygens (including phenoxy) is 1. The molecule has 0 aliphatic carbocycles. The van der Waals surface area contributed by atoms with E-state index in [0.29, 0.717) is 18.8 Å². The molecule has 0 saturated heterocycles. The van der Waals surface area contributed by atoms with Gasteiger partial charge in [0.2, 0.25) is 0 Å². The van der Waals surface area contributed by atoms with Gasteiger partial charge in [0.05, 0.1) is 11.6 Å². The van der Waals surface area contributed by atoms with E-state index in [-0.39, 0.29) is 6.42 Å². The van der Waals surface area contributed by atoms with Crippen LogP contribution in [-0.2, 0) is 6.54 Å². The maximum Gasteiger partial charge on any atom is 0.389 e. The van der Waals surface area contributed by atoms with Crippen molar-refractivity contribution < 1.29 is 17.9 Å². The van der Waals surface area contributed by atoms with Crippen molar-refractivity contribution in [2.45, 2.75) is 25.6 Å². The molecular weight excluding hydrogens is 391 g/mol. The van der Waals surface area contributed by atoms with Crippen molar-refractivity contribution in [2.24, 2.45) is 0 Å². The predicted molar refractivity (Wildman–Crippen MR) is 75.4 cm³/mol. The monoisotopic (exact) mass is 403 g/mol. The summed E-state index contributed by atoms with van der Waals surface area (Å²) in [7, 11) is 1.56. The standard InChI is InChI=1S/C12H14Br2F3NO/c1-19-11-8(5-9(13)6-10(11)14)7-18-4-2-3-12(15,16)17/h5-6,18H,2-4,7H2,1H3. The molecule has 1 aromatic rings. The molecule has 2 nitrogen and oxygen atoms in total. The van der Waals surface area contributed by atoms with Gasteiger partial charge in [-0.05, 0) is 41.0 Å². The molecule has 0 heterocycles. The summed E-state index contributed by atoms with van der Waals surface area (Å²) >= 11 is 6.74. The zero-order valence-electron chi connectivity index (χ0n) is 10.3. The van der Waals surface area contributed by atoms with E-state index in [2.05, 4.69) is 37.2 Å². The first-order valence-corrected chi connectivity index (χ1v) is 7.21. The topological polar surface area (TPSA) is 21.3 Å². The van der Waals surface area contributed by atoms with Crippen LogP contribution in [0.5, 0.6) is 5.75 Å². The highest BCUT2D eigenvalue weighted by Gasteiger charge is 2.25. The lowest BCUT2D eigenvalue weighted by Gasteiger charge is -2.12. The highest BCUT2D eigenvalue weighted by Crippen LogP contribution is 2.32. The van der Waals surface area contributed by atoms with Crippen LogP contribution >= 0.6 is 31.9 Å². The molecule has 0 amide bonds. The normalized spacial score (nSPS) is 11.7. The van der Waals surface area contributed by atoms with E-state index in [0.717, 1.165) is 14.5 Å². The maximum atomic E-state index is 12.0. The van der Waals surface area contributed by atoms with Gasteiger partial charge >= 0.3 is 6.18 Å². The zero-order valence-corrected chi connectivity index (χ0v) is 13.5. The summed E-state index contributed by atoms with van der Waals surface area (Å²) in [6.07, 6.45) is -4.78. The van der Waals surface area contributed by atoms with Crippen LogP contribution in [0.1, 0.15) is 18.4 Å². The minimum atomic E-state index is -4.09. The number of alkyl halides is 3. The van der Waals surface area contributed by atoms with E-state index < -0.39 is 12.6 Å². The Morgan fingerprint density at radius 3 is 2.53 bits per heavy atom. The lowest BCUT2D eigenvalue weighted by atomic mass is 10.2. The first kappa shape index (κ1) is 16.8. The second-order valence-electron chi connectivity index (χ2n) is 3.98. The van der Waals surface area contributed by atoms with E-state index in [1.165, 1.54) is 0 Å². The van der Waals surface area contributed by atoms with Crippen LogP contribution in [-0.4, -0.2) is 19.8 Å². The number of rotatable bonds is 6. The van der Waals surface area contributed by atoms with E-state index in [4.69, 9.17) is 4.74 Å². The van der Waals surface area contributed by atoms with Gasteiger partial charge in [0.15, 0.2) is 0 Å². The molecule has 0 aliphatic rings. The fourth-order valence-corrected chi connectivity index (χ4v) is 3.09. The van der Waals surface area contributed by atoms with Gasteiger partial charge in [-0.1, -0.05) is 15.9 Å². The van der Waals surface area contributed by atoms with Crippen LogP contribution in [0.3, 0.4) is 0 Å². The highest BCUT2D eigenvalue weighted by atomic mass is 79.9. The summed E-state index contributed by atoms with van der Waals surface area (Å²) in [4.78, 5) is 0. The van der Waals surface area contributed by atoms with Gasteiger partial charge in [0.1, 0.15) is 5.75 Å². The first-order valence-electron chi connectivity index (χ1n) is 5.63. The van der Waals surface area contributed by atoms with Crippen LogP contribution in [0.4, 0.5) is 13.2 Å². The van der Waals surface area contributed by atoms with Crippen molar-refractivity contribution >= 4 is 31.9 Å². The molecule has 1 N–H and O–H groups in total. The van der Waals surface area contributed by atoms with Crippen molar-refractivity contribution in [2.75, 3.05) is 13.7 Å². The number of hydrogen-bond donors (Lipinski definition) is 1. The molecule has 0 aliphatic heterocycles. The average molecular weight is 405 g/mol. The van der Waals surface area contributed by atoms with Gasteiger partial charge in [0.25, 0.3) is 0 Å². The third kappa shape index (κ3) is 6.14. The molecule has 7 heteroatoms. The Morgan fingerprint density at radius 2 is 1.95 bits per heavy atom. The molecule has 0 radical (unpaired) electrons. The first-order chi connectivity index (χ1) is 8.83. The summed E-state index contributed by atoms with van der Waals surface area (Å²) in [5.74, 6) is 0.687. The van der Waals surface area contributed by atoms with Crippen molar-refractivity contribution in [1.29, 1.82) is 0 Å². The number of nitrogens with one attached hydrogen (secondary N) is 1. The van der Waals surface area contributed by atoms with Crippen molar-refractivity contribution in [3.8, 4) is 5.75 Å². The lowest BCUT2D eigenvalue weighted by Crippen LogP contribution is -2.18. The number of methoxy groups -OCH3 is 1. The molecule has 1 rings (SSSR count). The third-order valence-corrected chi connectivity index (χ3v) is 3.47. The second-order valence-corrected chi connectivity index (χ2v) is 5.75. The van der Waals surface area contributed by atoms with Gasteiger partial charge in [-0.3, -0.25) is 0 Å². The zero-order chi connectivity index (χ0) is 14.5. The van der Waals surface area contributed by atoms with E-state index in [1.807, 2.05) is 12.1 Å². The van der Waals surface area contributed by atoms with Crippen molar-refractivity contribution in [3.05, 3.63) is 26.6 Å². The molecule has 0 bridgehead atoms. The molecule has 0 fully saturated rings. The minimum Gasteiger partial charge on any atom is -0.495 e. The molecule has 108 valence electrons. The molecule has 0 saturated carbocycles. The van der Waals surface area contributed by atoms with Crippen LogP contribution in [0.2, 0.25) is 0 Å². The molecule has 0 unspecified atom stereocenters. The number of benzene rings is 1. The van der Waals surface area contributed by atoms with Crippen molar-refractivity contribution in [3.63, 3.8) is 0 Å². The molecule has 19 heavy (non-hydrogen) atoms. The Hall–Kier alpha value is -0.270.